The smallest absolute Gasteiger partial charge is 0.235 e. The number of para-hydroxylation sites is 1. The van der Waals surface area contributed by atoms with Crippen molar-refractivity contribution in [2.45, 2.75) is 25.8 Å². The van der Waals surface area contributed by atoms with Crippen LogP contribution in [-0.4, -0.2) is 32.8 Å². The van der Waals surface area contributed by atoms with Crippen molar-refractivity contribution in [2.24, 2.45) is 0 Å². The van der Waals surface area contributed by atoms with E-state index in [2.05, 4.69) is 5.32 Å². The van der Waals surface area contributed by atoms with Gasteiger partial charge >= 0.3 is 0 Å². The first kappa shape index (κ1) is 13.4. The lowest BCUT2D eigenvalue weighted by molar-refractivity contribution is 0.392. The summed E-state index contributed by atoms with van der Waals surface area (Å²) in [5, 5.41) is 3.39. The zero-order valence-corrected chi connectivity index (χ0v) is 11.7. The van der Waals surface area contributed by atoms with Crippen LogP contribution >= 0.6 is 0 Å². The molecule has 0 amide bonds. The Morgan fingerprint density at radius 3 is 2.56 bits per heavy atom. The number of rotatable bonds is 1. The quantitative estimate of drug-likeness (QED) is 0.841. The second kappa shape index (κ2) is 4.90. The van der Waals surface area contributed by atoms with Gasteiger partial charge in [-0.25, -0.2) is 8.42 Å². The zero-order chi connectivity index (χ0) is 13.2. The second-order valence-electron chi connectivity index (χ2n) is 5.32. The molecule has 1 aliphatic rings. The largest absolute Gasteiger partial charge is 0.310 e. The molecule has 1 aromatic carbocycles. The maximum atomic E-state index is 12.3. The van der Waals surface area contributed by atoms with Gasteiger partial charge in [0, 0.05) is 5.54 Å². The lowest BCUT2D eigenvalue weighted by atomic mass is 10.1. The molecule has 0 radical (unpaired) electrons. The fourth-order valence-corrected chi connectivity index (χ4v) is 3.84. The highest BCUT2D eigenvalue weighted by atomic mass is 32.2. The molecule has 18 heavy (non-hydrogen) atoms. The summed E-state index contributed by atoms with van der Waals surface area (Å²) in [4.78, 5) is 0. The van der Waals surface area contributed by atoms with E-state index in [4.69, 9.17) is 0 Å². The molecular formula is C13H20N2O2S. The number of hydrogen-bond donors (Lipinski definition) is 1. The van der Waals surface area contributed by atoms with Crippen LogP contribution in [0, 0.1) is 0 Å². The van der Waals surface area contributed by atoms with Crippen LogP contribution in [0.4, 0.5) is 5.69 Å². The average molecular weight is 268 g/mol. The van der Waals surface area contributed by atoms with Gasteiger partial charge in [-0.1, -0.05) is 18.2 Å². The van der Waals surface area contributed by atoms with E-state index in [-0.39, 0.29) is 11.3 Å². The summed E-state index contributed by atoms with van der Waals surface area (Å²) < 4.78 is 26.2. The third-order valence-corrected chi connectivity index (χ3v) is 4.92. The molecule has 1 aromatic rings. The molecule has 0 bridgehead atoms. The van der Waals surface area contributed by atoms with Crippen molar-refractivity contribution in [3.8, 4) is 0 Å². The first-order chi connectivity index (χ1) is 8.41. The third kappa shape index (κ3) is 3.03. The minimum Gasteiger partial charge on any atom is -0.310 e. The molecule has 100 valence electrons. The van der Waals surface area contributed by atoms with E-state index in [9.17, 15) is 8.42 Å². The third-order valence-electron chi connectivity index (χ3n) is 3.10. The molecule has 0 unspecified atom stereocenters. The van der Waals surface area contributed by atoms with E-state index in [1.165, 1.54) is 4.31 Å². The molecule has 5 heteroatoms. The second-order valence-corrected chi connectivity index (χ2v) is 7.34. The van der Waals surface area contributed by atoms with Gasteiger partial charge in [-0.05, 0) is 38.9 Å². The van der Waals surface area contributed by atoms with Crippen LogP contribution in [0.2, 0.25) is 0 Å². The summed E-state index contributed by atoms with van der Waals surface area (Å²) in [5.74, 6) is 0.199. The summed E-state index contributed by atoms with van der Waals surface area (Å²) in [6, 6.07) is 9.31. The Kier molecular flexibility index (Phi) is 3.64. The van der Waals surface area contributed by atoms with E-state index < -0.39 is 10.0 Å². The van der Waals surface area contributed by atoms with Crippen molar-refractivity contribution < 1.29 is 8.42 Å². The van der Waals surface area contributed by atoms with Gasteiger partial charge in [0.1, 0.15) is 0 Å². The minimum atomic E-state index is -3.21. The van der Waals surface area contributed by atoms with Crippen LogP contribution < -0.4 is 9.62 Å². The summed E-state index contributed by atoms with van der Waals surface area (Å²) in [6.07, 6.45) is 0.648. The summed E-state index contributed by atoms with van der Waals surface area (Å²) in [5.41, 5.74) is 0.526. The molecule has 0 spiro atoms. The number of anilines is 1. The first-order valence-corrected chi connectivity index (χ1v) is 7.82. The van der Waals surface area contributed by atoms with Gasteiger partial charge in [0.05, 0.1) is 18.0 Å². The molecule has 1 aliphatic heterocycles. The van der Waals surface area contributed by atoms with Crippen molar-refractivity contribution in [1.29, 1.82) is 0 Å². The maximum Gasteiger partial charge on any atom is 0.235 e. The normalized spacial score (nSPS) is 23.1. The zero-order valence-electron chi connectivity index (χ0n) is 10.9. The Labute approximate surface area is 109 Å². The van der Waals surface area contributed by atoms with Crippen molar-refractivity contribution in [3.63, 3.8) is 0 Å². The van der Waals surface area contributed by atoms with Gasteiger partial charge in [0.15, 0.2) is 0 Å². The van der Waals surface area contributed by atoms with E-state index in [0.717, 1.165) is 12.2 Å². The highest BCUT2D eigenvalue weighted by molar-refractivity contribution is 7.92. The molecule has 1 heterocycles. The average Bonchev–Trinajstić information content (AvgIpc) is 2.32. The Morgan fingerprint density at radius 2 is 1.89 bits per heavy atom. The van der Waals surface area contributed by atoms with Gasteiger partial charge in [0.2, 0.25) is 10.0 Å². The van der Waals surface area contributed by atoms with Gasteiger partial charge in [-0.3, -0.25) is 4.31 Å². The summed E-state index contributed by atoms with van der Waals surface area (Å²) in [6.45, 7) is 5.27. The van der Waals surface area contributed by atoms with Gasteiger partial charge < -0.3 is 5.32 Å². The number of nitrogens with one attached hydrogen (secondary N) is 1. The predicted molar refractivity (Wildman–Crippen MR) is 74.3 cm³/mol. The molecule has 1 fully saturated rings. The van der Waals surface area contributed by atoms with Gasteiger partial charge in [-0.2, -0.15) is 0 Å². The number of hydrogen-bond acceptors (Lipinski definition) is 3. The van der Waals surface area contributed by atoms with E-state index >= 15 is 0 Å². The van der Waals surface area contributed by atoms with Crippen molar-refractivity contribution in [2.75, 3.05) is 23.1 Å². The Balaban J connectivity index is 2.38. The molecule has 4 nitrogen and oxygen atoms in total. The number of sulfonamides is 1. The lowest BCUT2D eigenvalue weighted by Crippen LogP contribution is -2.53. The predicted octanol–water partition coefficient (Wildman–Crippen LogP) is 1.59. The topological polar surface area (TPSA) is 49.4 Å². The molecule has 0 atom stereocenters. The van der Waals surface area contributed by atoms with E-state index in [1.807, 2.05) is 44.2 Å². The van der Waals surface area contributed by atoms with Crippen LogP contribution in [0.3, 0.4) is 0 Å². The van der Waals surface area contributed by atoms with Gasteiger partial charge in [0.25, 0.3) is 0 Å². The van der Waals surface area contributed by atoms with E-state index in [0.29, 0.717) is 13.0 Å². The maximum absolute atomic E-state index is 12.3. The Bertz CT molecular complexity index is 497. The first-order valence-electron chi connectivity index (χ1n) is 6.21. The molecule has 1 saturated heterocycles. The highest BCUT2D eigenvalue weighted by Crippen LogP contribution is 2.22. The van der Waals surface area contributed by atoms with Crippen LogP contribution in [0.5, 0.6) is 0 Å². The Hall–Kier alpha value is -1.07. The molecule has 0 saturated carbocycles. The molecule has 0 aliphatic carbocycles. The standard InChI is InChI=1S/C13H20N2O2S/c1-13(2)11-15(12-7-4-3-5-8-12)18(16,17)10-6-9-14-13/h3-5,7-8,14H,6,9-11H2,1-2H3. The van der Waals surface area contributed by atoms with Gasteiger partial charge in [-0.15, -0.1) is 0 Å². The van der Waals surface area contributed by atoms with Crippen LogP contribution in [0.1, 0.15) is 20.3 Å². The van der Waals surface area contributed by atoms with E-state index in [1.54, 1.807) is 0 Å². The Morgan fingerprint density at radius 1 is 1.22 bits per heavy atom. The monoisotopic (exact) mass is 268 g/mol. The number of nitrogens with zero attached hydrogens (tertiary/aromatic N) is 1. The van der Waals surface area contributed by atoms with Crippen LogP contribution in [-0.2, 0) is 10.0 Å². The van der Waals surface area contributed by atoms with Crippen LogP contribution in [0.25, 0.3) is 0 Å². The fourth-order valence-electron chi connectivity index (χ4n) is 2.15. The molecule has 0 aromatic heterocycles. The molecule has 2 rings (SSSR count). The van der Waals surface area contributed by atoms with Crippen molar-refractivity contribution in [1.82, 2.24) is 5.32 Å². The van der Waals surface area contributed by atoms with Crippen molar-refractivity contribution >= 4 is 15.7 Å². The lowest BCUT2D eigenvalue weighted by Gasteiger charge is -2.36. The highest BCUT2D eigenvalue weighted by Gasteiger charge is 2.31. The summed E-state index contributed by atoms with van der Waals surface area (Å²) >= 11 is 0. The molecule has 1 N–H and O–H groups in total. The minimum absolute atomic E-state index is 0.199. The number of benzene rings is 1. The fraction of sp³-hybridized carbons (Fsp3) is 0.538. The van der Waals surface area contributed by atoms with Crippen molar-refractivity contribution in [3.05, 3.63) is 30.3 Å². The summed E-state index contributed by atoms with van der Waals surface area (Å²) in [7, 11) is -3.21. The van der Waals surface area contributed by atoms with Crippen LogP contribution in [0.15, 0.2) is 30.3 Å². The SMILES string of the molecule is CC1(C)CN(c2ccccc2)S(=O)(=O)CCCN1. The molecular weight excluding hydrogens is 248 g/mol.